The Morgan fingerprint density at radius 3 is 2.42 bits per heavy atom. The van der Waals surface area contributed by atoms with Crippen LogP contribution in [0.3, 0.4) is 0 Å². The molecule has 0 N–H and O–H groups in total. The van der Waals surface area contributed by atoms with Gasteiger partial charge in [-0.1, -0.05) is 35.3 Å². The smallest absolute Gasteiger partial charge is 0.224 e. The van der Waals surface area contributed by atoms with Gasteiger partial charge in [0.25, 0.3) is 0 Å². The van der Waals surface area contributed by atoms with Gasteiger partial charge in [0.05, 0.1) is 10.0 Å². The molecule has 0 aliphatic rings. The highest BCUT2D eigenvalue weighted by molar-refractivity contribution is 6.42. The molecule has 0 aliphatic heterocycles. The van der Waals surface area contributed by atoms with Gasteiger partial charge in [0, 0.05) is 23.1 Å². The van der Waals surface area contributed by atoms with Crippen molar-refractivity contribution in [2.24, 2.45) is 0 Å². The average Bonchev–Trinajstić information content (AvgIpc) is 2.43. The van der Waals surface area contributed by atoms with Gasteiger partial charge in [-0.25, -0.2) is 0 Å². The van der Waals surface area contributed by atoms with Crippen LogP contribution in [0.4, 0.5) is 0 Å². The lowest BCUT2D eigenvalue weighted by atomic mass is 10.1. The van der Waals surface area contributed by atoms with Gasteiger partial charge in [0.15, 0.2) is 0 Å². The van der Waals surface area contributed by atoms with Gasteiger partial charge < -0.3 is 5.21 Å². The minimum atomic E-state index is 0.437. The molecule has 19 heavy (non-hydrogen) atoms. The van der Waals surface area contributed by atoms with Crippen molar-refractivity contribution in [3.05, 3.63) is 69.8 Å². The molecule has 0 saturated heterocycles. The van der Waals surface area contributed by atoms with Gasteiger partial charge in [-0.15, -0.1) is 0 Å². The fourth-order valence-electron chi connectivity index (χ4n) is 2.05. The fraction of sp³-hybridized carbons (Fsp3) is 0. The van der Waals surface area contributed by atoms with Gasteiger partial charge in [0.1, 0.15) is 0 Å². The zero-order chi connectivity index (χ0) is 13.4. The normalized spacial score (nSPS) is 10.8. The molecule has 1 heterocycles. The van der Waals surface area contributed by atoms with Crippen LogP contribution in [0.1, 0.15) is 0 Å². The van der Waals surface area contributed by atoms with Crippen LogP contribution in [0.2, 0.25) is 10.0 Å². The van der Waals surface area contributed by atoms with Crippen molar-refractivity contribution in [3.63, 3.8) is 0 Å². The number of halogens is 2. The second-order valence-corrected chi connectivity index (χ2v) is 5.02. The lowest BCUT2D eigenvalue weighted by Crippen LogP contribution is -2.29. The van der Waals surface area contributed by atoms with E-state index in [0.717, 1.165) is 15.7 Å². The Hall–Kier alpha value is -1.77. The van der Waals surface area contributed by atoms with E-state index in [2.05, 4.69) is 0 Å². The predicted octanol–water partition coefficient (Wildman–Crippen LogP) is 4.45. The van der Waals surface area contributed by atoms with Crippen LogP contribution in [0.5, 0.6) is 0 Å². The minimum absolute atomic E-state index is 0.437. The third kappa shape index (κ3) is 2.14. The Morgan fingerprint density at radius 1 is 0.842 bits per heavy atom. The Kier molecular flexibility index (Phi) is 3.05. The van der Waals surface area contributed by atoms with Crippen molar-refractivity contribution in [1.29, 1.82) is 0 Å². The molecule has 0 amide bonds. The summed E-state index contributed by atoms with van der Waals surface area (Å²) in [5, 5.41) is 14.2. The number of fused-ring (bicyclic) bond motifs is 1. The molecular weight excluding hydrogens is 281 g/mol. The third-order valence-electron chi connectivity index (χ3n) is 3.01. The van der Waals surface area contributed by atoms with Crippen LogP contribution in [0, 0.1) is 5.21 Å². The number of hydrogen-bond donors (Lipinski definition) is 0. The van der Waals surface area contributed by atoms with Crippen LogP contribution in [0.25, 0.3) is 22.2 Å². The SMILES string of the molecule is [O-][n+]1c(-c2ccc(Cl)c(Cl)c2)ccc2ccccc21. The van der Waals surface area contributed by atoms with Gasteiger partial charge >= 0.3 is 0 Å². The Morgan fingerprint density at radius 2 is 1.63 bits per heavy atom. The third-order valence-corrected chi connectivity index (χ3v) is 3.75. The molecule has 0 bridgehead atoms. The first-order chi connectivity index (χ1) is 9.16. The molecule has 0 radical (unpaired) electrons. The number of pyridine rings is 1. The molecule has 3 aromatic rings. The number of para-hydroxylation sites is 1. The van der Waals surface area contributed by atoms with Crippen LogP contribution in [-0.2, 0) is 0 Å². The van der Waals surface area contributed by atoms with Crippen molar-refractivity contribution in [3.8, 4) is 11.3 Å². The number of nitrogens with zero attached hydrogens (tertiary/aromatic N) is 1. The van der Waals surface area contributed by atoms with Crippen LogP contribution >= 0.6 is 23.2 Å². The summed E-state index contributed by atoms with van der Waals surface area (Å²) in [5.74, 6) is 0. The van der Waals surface area contributed by atoms with Crippen LogP contribution in [0.15, 0.2) is 54.6 Å². The lowest BCUT2D eigenvalue weighted by Gasteiger charge is -2.08. The van der Waals surface area contributed by atoms with Crippen molar-refractivity contribution >= 4 is 34.1 Å². The average molecular weight is 290 g/mol. The van der Waals surface area contributed by atoms with E-state index in [0.29, 0.717) is 21.3 Å². The van der Waals surface area contributed by atoms with E-state index >= 15 is 0 Å². The summed E-state index contributed by atoms with van der Waals surface area (Å²) >= 11 is 11.9. The molecule has 1 aromatic heterocycles. The fourth-order valence-corrected chi connectivity index (χ4v) is 2.35. The molecule has 3 rings (SSSR count). The molecule has 0 saturated carbocycles. The van der Waals surface area contributed by atoms with E-state index in [1.165, 1.54) is 0 Å². The summed E-state index contributed by atoms with van der Waals surface area (Å²) in [6, 6.07) is 16.3. The van der Waals surface area contributed by atoms with Gasteiger partial charge in [0.2, 0.25) is 11.2 Å². The Balaban J connectivity index is 2.25. The van der Waals surface area contributed by atoms with E-state index in [1.807, 2.05) is 24.3 Å². The summed E-state index contributed by atoms with van der Waals surface area (Å²) < 4.78 is 0.912. The summed E-state index contributed by atoms with van der Waals surface area (Å²) in [4.78, 5) is 0. The topological polar surface area (TPSA) is 26.9 Å². The number of rotatable bonds is 1. The van der Waals surface area contributed by atoms with Gasteiger partial charge in [-0.3, -0.25) is 0 Å². The zero-order valence-electron chi connectivity index (χ0n) is 9.81. The summed E-state index contributed by atoms with van der Waals surface area (Å²) in [5.41, 5.74) is 1.93. The first kappa shape index (κ1) is 12.3. The zero-order valence-corrected chi connectivity index (χ0v) is 11.3. The van der Waals surface area contributed by atoms with E-state index in [1.54, 1.807) is 30.3 Å². The van der Waals surface area contributed by atoms with Crippen molar-refractivity contribution in [1.82, 2.24) is 0 Å². The van der Waals surface area contributed by atoms with Crippen LogP contribution < -0.4 is 4.73 Å². The largest absolute Gasteiger partial charge is 0.618 e. The molecule has 2 aromatic carbocycles. The quantitative estimate of drug-likeness (QED) is 0.480. The van der Waals surface area contributed by atoms with Gasteiger partial charge in [-0.2, -0.15) is 4.73 Å². The summed E-state index contributed by atoms with van der Waals surface area (Å²) in [6.07, 6.45) is 0. The molecule has 0 unspecified atom stereocenters. The van der Waals surface area contributed by atoms with Crippen molar-refractivity contribution in [2.45, 2.75) is 0 Å². The number of aromatic nitrogens is 1. The van der Waals surface area contributed by atoms with Gasteiger partial charge in [-0.05, 0) is 30.3 Å². The van der Waals surface area contributed by atoms with E-state index in [9.17, 15) is 5.21 Å². The van der Waals surface area contributed by atoms with Crippen molar-refractivity contribution < 1.29 is 4.73 Å². The maximum absolute atomic E-state index is 12.4. The van der Waals surface area contributed by atoms with E-state index < -0.39 is 0 Å². The highest BCUT2D eigenvalue weighted by atomic mass is 35.5. The molecule has 4 heteroatoms. The monoisotopic (exact) mass is 289 g/mol. The molecule has 2 nitrogen and oxygen atoms in total. The van der Waals surface area contributed by atoms with E-state index in [4.69, 9.17) is 23.2 Å². The Labute approximate surface area is 120 Å². The maximum Gasteiger partial charge on any atom is 0.224 e. The lowest BCUT2D eigenvalue weighted by molar-refractivity contribution is -0.565. The molecule has 0 fully saturated rings. The highest BCUT2D eigenvalue weighted by Gasteiger charge is 2.13. The second kappa shape index (κ2) is 4.72. The molecule has 0 atom stereocenters. The second-order valence-electron chi connectivity index (χ2n) is 4.20. The van der Waals surface area contributed by atoms with E-state index in [-0.39, 0.29) is 0 Å². The molecule has 0 aliphatic carbocycles. The number of benzene rings is 2. The molecule has 94 valence electrons. The highest BCUT2D eigenvalue weighted by Crippen LogP contribution is 2.27. The van der Waals surface area contributed by atoms with Crippen molar-refractivity contribution in [2.75, 3.05) is 0 Å². The summed E-state index contributed by atoms with van der Waals surface area (Å²) in [6.45, 7) is 0. The maximum atomic E-state index is 12.4. The standard InChI is InChI=1S/C15H9Cl2NO/c16-12-7-5-11(9-13(12)17)15-8-6-10-3-1-2-4-14(10)18(15)19/h1-9H. The number of hydrogen-bond acceptors (Lipinski definition) is 1. The summed E-state index contributed by atoms with van der Waals surface area (Å²) in [7, 11) is 0. The Bertz CT molecular complexity index is 771. The minimum Gasteiger partial charge on any atom is -0.618 e. The first-order valence-electron chi connectivity index (χ1n) is 5.73. The molecule has 0 spiro atoms. The predicted molar refractivity (Wildman–Crippen MR) is 78.4 cm³/mol. The molecular formula is C15H9Cl2NO. The van der Waals surface area contributed by atoms with Crippen LogP contribution in [-0.4, -0.2) is 0 Å². The first-order valence-corrected chi connectivity index (χ1v) is 6.49.